The lowest BCUT2D eigenvalue weighted by molar-refractivity contribution is -0.143. The zero-order valence-corrected chi connectivity index (χ0v) is 12.7. The molecule has 1 saturated heterocycles. The highest BCUT2D eigenvalue weighted by atomic mass is 35.5. The number of piperidine rings is 1. The Bertz CT molecular complexity index is 591. The minimum absolute atomic E-state index is 0.0628. The van der Waals surface area contributed by atoms with Crippen molar-refractivity contribution in [1.29, 1.82) is 0 Å². The summed E-state index contributed by atoms with van der Waals surface area (Å²) in [5.41, 5.74) is 0.449. The van der Waals surface area contributed by atoms with Crippen LogP contribution >= 0.6 is 11.6 Å². The lowest BCUT2D eigenvalue weighted by Crippen LogP contribution is -2.45. The lowest BCUT2D eigenvalue weighted by Gasteiger charge is -2.34. The predicted molar refractivity (Wildman–Crippen MR) is 77.0 cm³/mol. The number of carboxylic acids is 1. The second-order valence-electron chi connectivity index (χ2n) is 5.64. The Hall–Kier alpha value is -1.62. The van der Waals surface area contributed by atoms with Gasteiger partial charge in [0.1, 0.15) is 0 Å². The fourth-order valence-electron chi connectivity index (χ4n) is 2.68. The van der Waals surface area contributed by atoms with Crippen molar-refractivity contribution >= 4 is 23.5 Å². The molecule has 1 heterocycles. The van der Waals surface area contributed by atoms with Gasteiger partial charge in [-0.3, -0.25) is 9.59 Å². The predicted octanol–water partition coefficient (Wildman–Crippen LogP) is 2.97. The molecule has 1 amide bonds. The number of rotatable bonds is 2. The summed E-state index contributed by atoms with van der Waals surface area (Å²) < 4.78 is 14.1. The van der Waals surface area contributed by atoms with Gasteiger partial charge in [0.15, 0.2) is 5.82 Å². The van der Waals surface area contributed by atoms with Crippen molar-refractivity contribution in [2.45, 2.75) is 20.3 Å². The van der Waals surface area contributed by atoms with Crippen LogP contribution in [-0.2, 0) is 4.79 Å². The number of carbonyl (C=O) groups is 2. The van der Waals surface area contributed by atoms with Gasteiger partial charge < -0.3 is 10.0 Å². The molecule has 2 atom stereocenters. The number of likely N-dealkylation sites (tertiary alicyclic amines) is 1. The summed E-state index contributed by atoms with van der Waals surface area (Å²) in [5.74, 6) is -2.73. The third-order valence-corrected chi connectivity index (χ3v) is 4.27. The van der Waals surface area contributed by atoms with E-state index in [1.54, 1.807) is 13.0 Å². The number of halogens is 2. The number of carbonyl (C=O) groups excluding carboxylic acids is 1. The topological polar surface area (TPSA) is 57.6 Å². The van der Waals surface area contributed by atoms with Crippen molar-refractivity contribution in [3.05, 3.63) is 34.1 Å². The van der Waals surface area contributed by atoms with E-state index in [2.05, 4.69) is 0 Å². The quantitative estimate of drug-likeness (QED) is 0.913. The van der Waals surface area contributed by atoms with Gasteiger partial charge in [0.2, 0.25) is 0 Å². The van der Waals surface area contributed by atoms with Gasteiger partial charge in [0.05, 0.1) is 16.5 Å². The number of aliphatic carboxylic acids is 1. The van der Waals surface area contributed by atoms with Crippen molar-refractivity contribution in [3.8, 4) is 0 Å². The number of benzene rings is 1. The van der Waals surface area contributed by atoms with E-state index in [0.717, 1.165) is 0 Å². The average Bonchev–Trinajstić information content (AvgIpc) is 2.43. The first-order chi connectivity index (χ1) is 9.81. The molecule has 1 aromatic carbocycles. The first-order valence-corrected chi connectivity index (χ1v) is 7.15. The van der Waals surface area contributed by atoms with Crippen molar-refractivity contribution in [3.63, 3.8) is 0 Å². The van der Waals surface area contributed by atoms with Crippen molar-refractivity contribution < 1.29 is 19.1 Å². The zero-order chi connectivity index (χ0) is 15.7. The maximum atomic E-state index is 14.1. The van der Waals surface area contributed by atoms with E-state index >= 15 is 0 Å². The van der Waals surface area contributed by atoms with E-state index in [1.807, 2.05) is 6.92 Å². The van der Waals surface area contributed by atoms with Gasteiger partial charge >= 0.3 is 5.97 Å². The van der Waals surface area contributed by atoms with Crippen LogP contribution in [0.25, 0.3) is 0 Å². The molecule has 6 heteroatoms. The summed E-state index contributed by atoms with van der Waals surface area (Å²) in [7, 11) is 0. The molecule has 114 valence electrons. The van der Waals surface area contributed by atoms with Crippen LogP contribution in [-0.4, -0.2) is 35.0 Å². The molecule has 2 rings (SSSR count). The molecule has 1 fully saturated rings. The second-order valence-corrected chi connectivity index (χ2v) is 6.02. The lowest BCUT2D eigenvalue weighted by atomic mass is 9.90. The van der Waals surface area contributed by atoms with Crippen LogP contribution in [0.2, 0.25) is 5.02 Å². The summed E-state index contributed by atoms with van der Waals surface area (Å²) in [6.07, 6.45) is 0.524. The number of aryl methyl sites for hydroxylation is 1. The van der Waals surface area contributed by atoms with Gasteiger partial charge in [-0.05, 0) is 30.9 Å². The molecular weight excluding hydrogens is 297 g/mol. The van der Waals surface area contributed by atoms with Crippen LogP contribution in [0.4, 0.5) is 4.39 Å². The molecule has 0 spiro atoms. The minimum Gasteiger partial charge on any atom is -0.481 e. The minimum atomic E-state index is -0.929. The monoisotopic (exact) mass is 313 g/mol. The Kier molecular flexibility index (Phi) is 4.52. The molecule has 21 heavy (non-hydrogen) atoms. The van der Waals surface area contributed by atoms with E-state index in [4.69, 9.17) is 16.7 Å². The Morgan fingerprint density at radius 2 is 2.05 bits per heavy atom. The fourth-order valence-corrected chi connectivity index (χ4v) is 2.84. The molecule has 4 nitrogen and oxygen atoms in total. The number of hydrogen-bond donors (Lipinski definition) is 1. The average molecular weight is 314 g/mol. The molecule has 0 saturated carbocycles. The van der Waals surface area contributed by atoms with Crippen LogP contribution in [0.1, 0.15) is 29.3 Å². The van der Waals surface area contributed by atoms with Gasteiger partial charge in [-0.1, -0.05) is 24.6 Å². The maximum Gasteiger partial charge on any atom is 0.308 e. The van der Waals surface area contributed by atoms with E-state index in [9.17, 15) is 14.0 Å². The molecule has 0 aromatic heterocycles. The van der Waals surface area contributed by atoms with E-state index in [0.29, 0.717) is 18.5 Å². The molecule has 1 aliphatic heterocycles. The molecule has 0 radical (unpaired) electrons. The molecule has 2 unspecified atom stereocenters. The third-order valence-electron chi connectivity index (χ3n) is 3.80. The van der Waals surface area contributed by atoms with Crippen molar-refractivity contribution in [2.24, 2.45) is 11.8 Å². The molecule has 1 aromatic rings. The van der Waals surface area contributed by atoms with E-state index < -0.39 is 23.6 Å². The summed E-state index contributed by atoms with van der Waals surface area (Å²) >= 11 is 5.83. The van der Waals surface area contributed by atoms with Gasteiger partial charge in [-0.2, -0.15) is 0 Å². The highest BCUT2D eigenvalue weighted by molar-refractivity contribution is 6.31. The SMILES string of the molecule is Cc1ccc(C(=O)N2CC(C)CC(C(=O)O)C2)c(F)c1Cl. The zero-order valence-electron chi connectivity index (χ0n) is 11.9. The second kappa shape index (κ2) is 6.02. The van der Waals surface area contributed by atoms with Crippen molar-refractivity contribution in [1.82, 2.24) is 4.90 Å². The number of nitrogens with zero attached hydrogens (tertiary/aromatic N) is 1. The number of carboxylic acid groups (broad SMARTS) is 1. The Labute approximate surface area is 127 Å². The fraction of sp³-hybridized carbons (Fsp3) is 0.467. The largest absolute Gasteiger partial charge is 0.481 e. The Morgan fingerprint density at radius 3 is 2.67 bits per heavy atom. The van der Waals surface area contributed by atoms with Crippen LogP contribution < -0.4 is 0 Å². The van der Waals surface area contributed by atoms with Crippen molar-refractivity contribution in [2.75, 3.05) is 13.1 Å². The summed E-state index contributed by atoms with van der Waals surface area (Å²) in [4.78, 5) is 25.0. The maximum absolute atomic E-state index is 14.1. The standard InChI is InChI=1S/C15H17ClFNO3/c1-8-5-10(15(20)21)7-18(6-8)14(19)11-4-3-9(2)12(16)13(11)17/h3-4,8,10H,5-7H2,1-2H3,(H,20,21). The molecular formula is C15H17ClFNO3. The van der Waals surface area contributed by atoms with Gasteiger partial charge in [0, 0.05) is 13.1 Å². The Balaban J connectivity index is 2.27. The Morgan fingerprint density at radius 1 is 1.38 bits per heavy atom. The van der Waals surface area contributed by atoms with E-state index in [-0.39, 0.29) is 23.0 Å². The molecule has 1 aliphatic rings. The number of hydrogen-bond acceptors (Lipinski definition) is 2. The van der Waals surface area contributed by atoms with Gasteiger partial charge in [0.25, 0.3) is 5.91 Å². The van der Waals surface area contributed by atoms with Crippen LogP contribution in [0, 0.1) is 24.6 Å². The highest BCUT2D eigenvalue weighted by Gasteiger charge is 2.33. The van der Waals surface area contributed by atoms with Crippen LogP contribution in [0.15, 0.2) is 12.1 Å². The number of amides is 1. The first-order valence-electron chi connectivity index (χ1n) is 6.78. The van der Waals surface area contributed by atoms with Gasteiger partial charge in [-0.15, -0.1) is 0 Å². The molecule has 0 bridgehead atoms. The smallest absolute Gasteiger partial charge is 0.308 e. The highest BCUT2D eigenvalue weighted by Crippen LogP contribution is 2.27. The molecule has 1 N–H and O–H groups in total. The summed E-state index contributed by atoms with van der Waals surface area (Å²) in [6, 6.07) is 2.98. The summed E-state index contributed by atoms with van der Waals surface area (Å²) in [5, 5.41) is 9.06. The summed E-state index contributed by atoms with van der Waals surface area (Å²) in [6.45, 7) is 4.06. The molecule has 0 aliphatic carbocycles. The van der Waals surface area contributed by atoms with Crippen LogP contribution in [0.3, 0.4) is 0 Å². The van der Waals surface area contributed by atoms with Crippen LogP contribution in [0.5, 0.6) is 0 Å². The third kappa shape index (κ3) is 3.18. The normalized spacial score (nSPS) is 22.2. The first kappa shape index (κ1) is 15.8. The van der Waals surface area contributed by atoms with E-state index in [1.165, 1.54) is 11.0 Å². The van der Waals surface area contributed by atoms with Gasteiger partial charge in [-0.25, -0.2) is 4.39 Å².